The van der Waals surface area contributed by atoms with Gasteiger partial charge in [0, 0.05) is 24.0 Å². The molecule has 1 aromatic carbocycles. The van der Waals surface area contributed by atoms with Crippen molar-refractivity contribution < 1.29 is 13.2 Å². The molecule has 1 saturated carbocycles. The SMILES string of the molecule is Cc1ccc(S(=O)(=O)NCCNC(=O)N(Cc2cccs2)C2CC2)cc1. The van der Waals surface area contributed by atoms with E-state index in [9.17, 15) is 13.2 Å². The minimum atomic E-state index is -3.55. The Morgan fingerprint density at radius 3 is 2.54 bits per heavy atom. The zero-order valence-corrected chi connectivity index (χ0v) is 16.3. The molecule has 0 bridgehead atoms. The number of rotatable bonds is 8. The lowest BCUT2D eigenvalue weighted by Gasteiger charge is -2.22. The van der Waals surface area contributed by atoms with Crippen molar-refractivity contribution in [3.8, 4) is 0 Å². The van der Waals surface area contributed by atoms with E-state index in [1.54, 1.807) is 35.6 Å². The highest BCUT2D eigenvalue weighted by molar-refractivity contribution is 7.89. The van der Waals surface area contributed by atoms with Gasteiger partial charge >= 0.3 is 6.03 Å². The Morgan fingerprint density at radius 2 is 1.92 bits per heavy atom. The van der Waals surface area contributed by atoms with Gasteiger partial charge < -0.3 is 10.2 Å². The molecule has 1 aliphatic rings. The van der Waals surface area contributed by atoms with Crippen LogP contribution in [0.2, 0.25) is 0 Å². The highest BCUT2D eigenvalue weighted by atomic mass is 32.2. The summed E-state index contributed by atoms with van der Waals surface area (Å²) in [6.07, 6.45) is 2.05. The summed E-state index contributed by atoms with van der Waals surface area (Å²) in [5.74, 6) is 0. The van der Waals surface area contributed by atoms with E-state index < -0.39 is 10.0 Å². The minimum Gasteiger partial charge on any atom is -0.337 e. The summed E-state index contributed by atoms with van der Waals surface area (Å²) in [6, 6.07) is 10.8. The van der Waals surface area contributed by atoms with Crippen LogP contribution in [0, 0.1) is 6.92 Å². The molecule has 3 rings (SSSR count). The maximum absolute atomic E-state index is 12.4. The quantitative estimate of drug-likeness (QED) is 0.677. The number of carbonyl (C=O) groups excluding carboxylic acids is 1. The van der Waals surface area contributed by atoms with Gasteiger partial charge in [0.2, 0.25) is 10.0 Å². The highest BCUT2D eigenvalue weighted by Gasteiger charge is 2.32. The molecule has 6 nitrogen and oxygen atoms in total. The van der Waals surface area contributed by atoms with Crippen LogP contribution in [0.15, 0.2) is 46.7 Å². The van der Waals surface area contributed by atoms with Gasteiger partial charge in [-0.2, -0.15) is 0 Å². The third kappa shape index (κ3) is 5.06. The molecule has 26 heavy (non-hydrogen) atoms. The number of nitrogens with one attached hydrogen (secondary N) is 2. The second kappa shape index (κ2) is 8.20. The fraction of sp³-hybridized carbons (Fsp3) is 0.389. The highest BCUT2D eigenvalue weighted by Crippen LogP contribution is 2.29. The number of benzene rings is 1. The third-order valence-corrected chi connectivity index (χ3v) is 6.52. The molecule has 1 heterocycles. The van der Waals surface area contributed by atoms with Crippen LogP contribution >= 0.6 is 11.3 Å². The van der Waals surface area contributed by atoms with E-state index in [-0.39, 0.29) is 24.0 Å². The first kappa shape index (κ1) is 18.9. The molecule has 0 radical (unpaired) electrons. The molecule has 0 atom stereocenters. The lowest BCUT2D eigenvalue weighted by Crippen LogP contribution is -2.43. The van der Waals surface area contributed by atoms with Gasteiger partial charge in [0.15, 0.2) is 0 Å². The monoisotopic (exact) mass is 393 g/mol. The summed E-state index contributed by atoms with van der Waals surface area (Å²) in [6.45, 7) is 2.90. The number of carbonyl (C=O) groups is 1. The van der Waals surface area contributed by atoms with Crippen molar-refractivity contribution in [3.63, 3.8) is 0 Å². The lowest BCUT2D eigenvalue weighted by molar-refractivity contribution is 0.193. The summed E-state index contributed by atoms with van der Waals surface area (Å²) in [4.78, 5) is 15.6. The van der Waals surface area contributed by atoms with E-state index in [1.165, 1.54) is 0 Å². The van der Waals surface area contributed by atoms with Gasteiger partial charge in [-0.25, -0.2) is 17.9 Å². The molecule has 8 heteroatoms. The van der Waals surface area contributed by atoms with Crippen LogP contribution in [0.1, 0.15) is 23.3 Å². The zero-order valence-electron chi connectivity index (χ0n) is 14.6. The van der Waals surface area contributed by atoms with E-state index in [2.05, 4.69) is 10.0 Å². The summed E-state index contributed by atoms with van der Waals surface area (Å²) < 4.78 is 27.0. The van der Waals surface area contributed by atoms with Crippen LogP contribution < -0.4 is 10.0 Å². The Balaban J connectivity index is 1.47. The van der Waals surface area contributed by atoms with Crippen molar-refractivity contribution in [2.75, 3.05) is 13.1 Å². The second-order valence-corrected chi connectivity index (χ2v) is 9.18. The Morgan fingerprint density at radius 1 is 1.19 bits per heavy atom. The molecule has 0 spiro atoms. The number of nitrogens with zero attached hydrogens (tertiary/aromatic N) is 1. The van der Waals surface area contributed by atoms with Gasteiger partial charge in [0.25, 0.3) is 0 Å². The maximum atomic E-state index is 12.4. The van der Waals surface area contributed by atoms with Gasteiger partial charge in [-0.3, -0.25) is 0 Å². The van der Waals surface area contributed by atoms with E-state index >= 15 is 0 Å². The number of thiophene rings is 1. The molecule has 2 amide bonds. The molecular weight excluding hydrogens is 370 g/mol. The first-order valence-corrected chi connectivity index (χ1v) is 11.0. The number of hydrogen-bond donors (Lipinski definition) is 2. The topological polar surface area (TPSA) is 78.5 Å². The summed E-state index contributed by atoms with van der Waals surface area (Å²) in [5, 5.41) is 4.81. The van der Waals surface area contributed by atoms with Crippen molar-refractivity contribution in [1.82, 2.24) is 14.9 Å². The van der Waals surface area contributed by atoms with Crippen molar-refractivity contribution in [3.05, 3.63) is 52.2 Å². The average molecular weight is 394 g/mol. The maximum Gasteiger partial charge on any atom is 0.318 e. The van der Waals surface area contributed by atoms with Crippen LogP contribution in [-0.4, -0.2) is 38.5 Å². The standard InChI is InChI=1S/C18H23N3O3S2/c1-14-4-8-17(9-5-14)26(23,24)20-11-10-19-18(22)21(15-6-7-15)13-16-3-2-12-25-16/h2-5,8-9,12,15,20H,6-7,10-11,13H2,1H3,(H,19,22). The third-order valence-electron chi connectivity index (χ3n) is 4.18. The normalized spacial score (nSPS) is 14.2. The predicted octanol–water partition coefficient (Wildman–Crippen LogP) is 2.71. The van der Waals surface area contributed by atoms with Crippen LogP contribution in [-0.2, 0) is 16.6 Å². The summed E-state index contributed by atoms with van der Waals surface area (Å²) >= 11 is 1.63. The molecule has 2 aromatic rings. The van der Waals surface area contributed by atoms with Crippen LogP contribution in [0.25, 0.3) is 0 Å². The molecule has 2 N–H and O–H groups in total. The van der Waals surface area contributed by atoms with Crippen LogP contribution in [0.4, 0.5) is 4.79 Å². The largest absolute Gasteiger partial charge is 0.337 e. The second-order valence-electron chi connectivity index (χ2n) is 6.38. The molecule has 0 aliphatic heterocycles. The Hall–Kier alpha value is -1.90. The van der Waals surface area contributed by atoms with Crippen molar-refractivity contribution in [2.45, 2.75) is 37.2 Å². The Labute approximate surface area is 158 Å². The van der Waals surface area contributed by atoms with Gasteiger partial charge in [0.1, 0.15) is 0 Å². The van der Waals surface area contributed by atoms with Crippen molar-refractivity contribution in [2.24, 2.45) is 0 Å². The van der Waals surface area contributed by atoms with E-state index in [1.807, 2.05) is 29.3 Å². The van der Waals surface area contributed by atoms with Gasteiger partial charge in [0.05, 0.1) is 11.4 Å². The smallest absolute Gasteiger partial charge is 0.318 e. The number of urea groups is 1. The van der Waals surface area contributed by atoms with Gasteiger partial charge in [-0.1, -0.05) is 23.8 Å². The Bertz CT molecular complexity index is 829. The number of sulfonamides is 1. The minimum absolute atomic E-state index is 0.143. The number of amides is 2. The van der Waals surface area contributed by atoms with Gasteiger partial charge in [-0.15, -0.1) is 11.3 Å². The number of hydrogen-bond acceptors (Lipinski definition) is 4. The molecular formula is C18H23N3O3S2. The van der Waals surface area contributed by atoms with Crippen molar-refractivity contribution in [1.29, 1.82) is 0 Å². The lowest BCUT2D eigenvalue weighted by atomic mass is 10.2. The van der Waals surface area contributed by atoms with E-state index in [0.29, 0.717) is 12.6 Å². The molecule has 1 fully saturated rings. The molecule has 0 saturated heterocycles. The Kier molecular flexibility index (Phi) is 5.95. The molecule has 0 unspecified atom stereocenters. The summed E-state index contributed by atoms with van der Waals surface area (Å²) in [5.41, 5.74) is 1.00. The predicted molar refractivity (Wildman–Crippen MR) is 103 cm³/mol. The first-order chi connectivity index (χ1) is 12.5. The van der Waals surface area contributed by atoms with Crippen LogP contribution in [0.3, 0.4) is 0 Å². The number of aryl methyl sites for hydroxylation is 1. The summed E-state index contributed by atoms with van der Waals surface area (Å²) in [7, 11) is -3.55. The van der Waals surface area contributed by atoms with Crippen LogP contribution in [0.5, 0.6) is 0 Å². The van der Waals surface area contributed by atoms with E-state index in [0.717, 1.165) is 23.3 Å². The first-order valence-electron chi connectivity index (χ1n) is 8.59. The molecule has 1 aromatic heterocycles. The van der Waals surface area contributed by atoms with Crippen molar-refractivity contribution >= 4 is 27.4 Å². The molecule has 140 valence electrons. The average Bonchev–Trinajstić information content (AvgIpc) is 3.32. The zero-order chi connectivity index (χ0) is 18.6. The van der Waals surface area contributed by atoms with Gasteiger partial charge in [-0.05, 0) is 43.3 Å². The van der Waals surface area contributed by atoms with E-state index in [4.69, 9.17) is 0 Å². The fourth-order valence-electron chi connectivity index (χ4n) is 2.58. The fourth-order valence-corrected chi connectivity index (χ4v) is 4.32. The molecule has 1 aliphatic carbocycles.